The van der Waals surface area contributed by atoms with Crippen molar-refractivity contribution in [1.82, 2.24) is 4.72 Å². The van der Waals surface area contributed by atoms with Crippen LogP contribution in [0.4, 0.5) is 0 Å². The van der Waals surface area contributed by atoms with Gasteiger partial charge in [0.25, 0.3) is 0 Å². The molecule has 3 N–H and O–H groups in total. The molecule has 3 fully saturated rings. The fourth-order valence-electron chi connectivity index (χ4n) is 4.53. The third-order valence-corrected chi connectivity index (χ3v) is 7.82. The lowest BCUT2D eigenvalue weighted by molar-refractivity contribution is -0.124. The van der Waals surface area contributed by atoms with Crippen molar-refractivity contribution in [2.75, 3.05) is 0 Å². The van der Waals surface area contributed by atoms with Gasteiger partial charge in [-0.2, -0.15) is 0 Å². The van der Waals surface area contributed by atoms with Gasteiger partial charge >= 0.3 is 0 Å². The van der Waals surface area contributed by atoms with E-state index in [9.17, 15) is 13.2 Å². The number of fused-ring (bicyclic) bond motifs is 3. The summed E-state index contributed by atoms with van der Waals surface area (Å²) in [6, 6.07) is -0.266. The maximum atomic E-state index is 12.7. The van der Waals surface area contributed by atoms with Crippen molar-refractivity contribution >= 4 is 15.9 Å². The number of nitrogens with two attached hydrogens (primary N) is 1. The number of hydrogen-bond donors (Lipinski definition) is 2. The van der Waals surface area contributed by atoms with E-state index in [1.54, 1.807) is 0 Å². The Balaban J connectivity index is 1.67. The first-order valence-electron chi connectivity index (χ1n) is 8.93. The van der Waals surface area contributed by atoms with Crippen molar-refractivity contribution in [1.29, 1.82) is 0 Å². The topological polar surface area (TPSA) is 89.3 Å². The van der Waals surface area contributed by atoms with Gasteiger partial charge in [-0.25, -0.2) is 8.42 Å². The molecule has 4 aliphatic carbocycles. The molecule has 6 heteroatoms. The molecule has 0 saturated heterocycles. The lowest BCUT2D eigenvalue weighted by atomic mass is 9.70. The first kappa shape index (κ1) is 17.0. The summed E-state index contributed by atoms with van der Waals surface area (Å²) >= 11 is 0. The highest BCUT2D eigenvalue weighted by molar-refractivity contribution is 7.90. The van der Waals surface area contributed by atoms with Gasteiger partial charge in [0.1, 0.15) is 0 Å². The molecule has 0 spiro atoms. The van der Waals surface area contributed by atoms with Crippen LogP contribution in [0.25, 0.3) is 0 Å². The van der Waals surface area contributed by atoms with Gasteiger partial charge in [-0.05, 0) is 56.8 Å². The zero-order valence-corrected chi connectivity index (χ0v) is 14.4. The minimum Gasteiger partial charge on any atom is -0.327 e. The van der Waals surface area contributed by atoms with Gasteiger partial charge in [0.15, 0.2) is 0 Å². The van der Waals surface area contributed by atoms with Crippen LogP contribution in [0.15, 0.2) is 12.2 Å². The quantitative estimate of drug-likeness (QED) is 0.770. The molecule has 0 radical (unpaired) electrons. The molecule has 5 nitrogen and oxygen atoms in total. The van der Waals surface area contributed by atoms with Crippen LogP contribution in [0.1, 0.15) is 57.8 Å². The molecule has 0 aromatic carbocycles. The van der Waals surface area contributed by atoms with Crippen LogP contribution < -0.4 is 10.5 Å². The van der Waals surface area contributed by atoms with Gasteiger partial charge in [-0.3, -0.25) is 9.52 Å². The van der Waals surface area contributed by atoms with Crippen LogP contribution >= 0.6 is 0 Å². The normalized spacial score (nSPS) is 39.3. The predicted molar refractivity (Wildman–Crippen MR) is 90.0 cm³/mol. The number of nitrogens with one attached hydrogen (secondary N) is 1. The maximum absolute atomic E-state index is 12.7. The monoisotopic (exact) mass is 340 g/mol. The van der Waals surface area contributed by atoms with E-state index in [1.165, 1.54) is 0 Å². The fourth-order valence-corrected chi connectivity index (χ4v) is 6.42. The Kier molecular flexibility index (Phi) is 5.11. The van der Waals surface area contributed by atoms with Crippen molar-refractivity contribution in [2.24, 2.45) is 23.5 Å². The van der Waals surface area contributed by atoms with Crippen LogP contribution in [0.5, 0.6) is 0 Å². The van der Waals surface area contributed by atoms with Gasteiger partial charge in [-0.15, -0.1) is 0 Å². The molecule has 4 aliphatic rings. The molecule has 2 bridgehead atoms. The van der Waals surface area contributed by atoms with E-state index >= 15 is 0 Å². The molecular formula is C17H28N2O3S. The van der Waals surface area contributed by atoms with Crippen LogP contribution in [-0.4, -0.2) is 25.6 Å². The molecular weight excluding hydrogens is 312 g/mol. The average molecular weight is 340 g/mol. The summed E-state index contributed by atoms with van der Waals surface area (Å²) in [5, 5.41) is -0.386. The number of carbonyl (C=O) groups excluding carboxylic acids is 1. The van der Waals surface area contributed by atoms with E-state index < -0.39 is 21.8 Å². The van der Waals surface area contributed by atoms with Gasteiger partial charge < -0.3 is 5.73 Å². The number of amides is 1. The highest BCUT2D eigenvalue weighted by Crippen LogP contribution is 2.43. The van der Waals surface area contributed by atoms with E-state index in [4.69, 9.17) is 5.73 Å². The summed E-state index contributed by atoms with van der Waals surface area (Å²) < 4.78 is 27.8. The largest absolute Gasteiger partial charge is 0.327 e. The second-order valence-electron chi connectivity index (χ2n) is 7.46. The molecule has 130 valence electrons. The Hall–Kier alpha value is -0.880. The number of sulfonamides is 1. The van der Waals surface area contributed by atoms with Crippen LogP contribution in [0.3, 0.4) is 0 Å². The van der Waals surface area contributed by atoms with Crippen LogP contribution in [-0.2, 0) is 14.8 Å². The number of hydrogen-bond acceptors (Lipinski definition) is 4. The number of carbonyl (C=O) groups is 1. The van der Waals surface area contributed by atoms with E-state index in [2.05, 4.69) is 16.9 Å². The SMILES string of the molecule is N[C@@H]1CC/C=C\CC[C@@H]1C(=O)NS(=O)(=O)C1CC2CCC1CC2. The molecule has 0 aromatic heterocycles. The molecule has 0 aliphatic heterocycles. The summed E-state index contributed by atoms with van der Waals surface area (Å²) in [6.45, 7) is 0. The van der Waals surface area contributed by atoms with Gasteiger partial charge in [-0.1, -0.05) is 25.0 Å². The van der Waals surface area contributed by atoms with E-state index in [0.29, 0.717) is 18.8 Å². The molecule has 23 heavy (non-hydrogen) atoms. The Labute approximate surface area is 139 Å². The summed E-state index contributed by atoms with van der Waals surface area (Å²) in [6.07, 6.45) is 12.1. The summed E-state index contributed by atoms with van der Waals surface area (Å²) in [7, 11) is -3.58. The second kappa shape index (κ2) is 6.93. The standard InChI is InChI=1S/C17H28N2O3S/c18-15-6-4-2-1-3-5-14(15)17(20)19-23(21,22)16-11-12-7-9-13(16)10-8-12/h1-2,12-16H,3-11,18H2,(H,19,20)/b2-1-/t12?,13?,14-,15+,16?/m0/s1. The Morgan fingerprint density at radius 1 is 1.00 bits per heavy atom. The molecule has 3 atom stereocenters. The minimum atomic E-state index is -3.58. The average Bonchev–Trinajstić information content (AvgIpc) is 2.52. The molecule has 4 rings (SSSR count). The Morgan fingerprint density at radius 3 is 2.26 bits per heavy atom. The zero-order valence-electron chi connectivity index (χ0n) is 13.6. The van der Waals surface area contributed by atoms with Gasteiger partial charge in [0.2, 0.25) is 15.9 Å². The fraction of sp³-hybridized carbons (Fsp3) is 0.824. The highest BCUT2D eigenvalue weighted by atomic mass is 32.2. The first-order chi connectivity index (χ1) is 11.0. The molecule has 0 aromatic rings. The minimum absolute atomic E-state index is 0.222. The Morgan fingerprint density at radius 2 is 1.65 bits per heavy atom. The highest BCUT2D eigenvalue weighted by Gasteiger charge is 2.43. The van der Waals surface area contributed by atoms with Gasteiger partial charge in [0.05, 0.1) is 11.2 Å². The van der Waals surface area contributed by atoms with Crippen molar-refractivity contribution in [3.05, 3.63) is 12.2 Å². The number of allylic oxidation sites excluding steroid dienone is 2. The molecule has 0 heterocycles. The predicted octanol–water partition coefficient (Wildman–Crippen LogP) is 2.08. The van der Waals surface area contributed by atoms with Crippen LogP contribution in [0, 0.1) is 17.8 Å². The Bertz CT molecular complexity index is 564. The van der Waals surface area contributed by atoms with Crippen molar-refractivity contribution < 1.29 is 13.2 Å². The van der Waals surface area contributed by atoms with Crippen LogP contribution in [0.2, 0.25) is 0 Å². The lowest BCUT2D eigenvalue weighted by Gasteiger charge is -2.41. The van der Waals surface area contributed by atoms with Crippen molar-refractivity contribution in [3.8, 4) is 0 Å². The molecule has 3 saturated carbocycles. The third-order valence-electron chi connectivity index (χ3n) is 5.96. The molecule has 1 unspecified atom stereocenters. The maximum Gasteiger partial charge on any atom is 0.238 e. The number of rotatable bonds is 3. The molecule has 1 amide bonds. The zero-order chi connectivity index (χ0) is 16.4. The summed E-state index contributed by atoms with van der Waals surface area (Å²) in [4.78, 5) is 12.5. The lowest BCUT2D eigenvalue weighted by Crippen LogP contribution is -2.50. The summed E-state index contributed by atoms with van der Waals surface area (Å²) in [5.74, 6) is -0.0607. The van der Waals surface area contributed by atoms with Gasteiger partial charge in [0, 0.05) is 6.04 Å². The van der Waals surface area contributed by atoms with E-state index in [-0.39, 0.29) is 17.2 Å². The third kappa shape index (κ3) is 3.79. The van der Waals surface area contributed by atoms with Crippen molar-refractivity contribution in [2.45, 2.75) is 69.1 Å². The van der Waals surface area contributed by atoms with Crippen molar-refractivity contribution in [3.63, 3.8) is 0 Å². The second-order valence-corrected chi connectivity index (χ2v) is 9.36. The summed E-state index contributed by atoms with van der Waals surface area (Å²) in [5.41, 5.74) is 6.12. The van der Waals surface area contributed by atoms with E-state index in [0.717, 1.165) is 44.9 Å². The first-order valence-corrected chi connectivity index (χ1v) is 10.5. The smallest absolute Gasteiger partial charge is 0.238 e. The van der Waals surface area contributed by atoms with E-state index in [1.807, 2.05) is 0 Å².